The Bertz CT molecular complexity index is 299. The lowest BCUT2D eigenvalue weighted by Crippen LogP contribution is -1.91. The average molecular weight is 196 g/mol. The van der Waals surface area contributed by atoms with Crippen LogP contribution in [0.1, 0.15) is 25.3 Å². The second kappa shape index (κ2) is 4.82. The lowest BCUT2D eigenvalue weighted by Gasteiger charge is -2.00. The third kappa shape index (κ3) is 3.03. The summed E-state index contributed by atoms with van der Waals surface area (Å²) < 4.78 is 0. The number of carboxylic acids is 1. The maximum atomic E-state index is 10.5. The normalized spacial score (nSPS) is 11.6. The van der Waals surface area contributed by atoms with Crippen LogP contribution < -0.4 is 0 Å². The van der Waals surface area contributed by atoms with Crippen molar-refractivity contribution in [3.8, 4) is 0 Å². The smallest absolute Gasteiger partial charge is 0.328 e. The first kappa shape index (κ1) is 9.99. The highest BCUT2D eigenvalue weighted by Gasteiger charge is 2.02. The minimum atomic E-state index is -0.866. The fraction of sp³-hybridized carbons (Fsp3) is 0.300. The molecule has 1 aromatic heterocycles. The van der Waals surface area contributed by atoms with Crippen LogP contribution in [0.2, 0.25) is 0 Å². The summed E-state index contributed by atoms with van der Waals surface area (Å²) in [6, 6.07) is 1.95. The molecule has 1 N–H and O–H groups in total. The Morgan fingerprint density at radius 1 is 1.69 bits per heavy atom. The first-order valence-corrected chi connectivity index (χ1v) is 5.14. The van der Waals surface area contributed by atoms with Crippen molar-refractivity contribution >= 4 is 22.9 Å². The first-order valence-electron chi connectivity index (χ1n) is 4.20. The van der Waals surface area contributed by atoms with Crippen molar-refractivity contribution in [1.29, 1.82) is 0 Å². The molecule has 0 aliphatic carbocycles. The van der Waals surface area contributed by atoms with E-state index in [2.05, 4.69) is 0 Å². The Kier molecular flexibility index (Phi) is 3.71. The van der Waals surface area contributed by atoms with Crippen LogP contribution in [0.15, 0.2) is 22.9 Å². The topological polar surface area (TPSA) is 37.3 Å². The third-order valence-corrected chi connectivity index (χ3v) is 2.39. The van der Waals surface area contributed by atoms with Crippen LogP contribution in [0.4, 0.5) is 0 Å². The molecule has 13 heavy (non-hydrogen) atoms. The van der Waals surface area contributed by atoms with E-state index >= 15 is 0 Å². The minimum Gasteiger partial charge on any atom is -0.478 e. The second-order valence-corrected chi connectivity index (χ2v) is 3.55. The summed E-state index contributed by atoms with van der Waals surface area (Å²) in [5.74, 6) is -0.866. The Morgan fingerprint density at radius 2 is 2.46 bits per heavy atom. The Balaban J connectivity index is 2.86. The SMILES string of the molecule is CCC/C(=C\C(=O)O)c1ccsc1. The van der Waals surface area contributed by atoms with Crippen LogP contribution >= 0.6 is 11.3 Å². The fourth-order valence-electron chi connectivity index (χ4n) is 1.17. The summed E-state index contributed by atoms with van der Waals surface area (Å²) in [6.07, 6.45) is 3.09. The van der Waals surface area contributed by atoms with Crippen molar-refractivity contribution in [1.82, 2.24) is 0 Å². The van der Waals surface area contributed by atoms with Crippen molar-refractivity contribution in [3.05, 3.63) is 28.5 Å². The molecule has 0 saturated carbocycles. The summed E-state index contributed by atoms with van der Waals surface area (Å²) in [6.45, 7) is 2.04. The van der Waals surface area contributed by atoms with E-state index in [1.165, 1.54) is 6.08 Å². The predicted molar refractivity (Wildman–Crippen MR) is 54.8 cm³/mol. The zero-order chi connectivity index (χ0) is 9.68. The molecule has 0 radical (unpaired) electrons. The number of carbonyl (C=O) groups is 1. The maximum absolute atomic E-state index is 10.5. The summed E-state index contributed by atoms with van der Waals surface area (Å²) >= 11 is 1.59. The number of allylic oxidation sites excluding steroid dienone is 1. The number of hydrogen-bond donors (Lipinski definition) is 1. The molecule has 1 rings (SSSR count). The first-order chi connectivity index (χ1) is 6.24. The van der Waals surface area contributed by atoms with Gasteiger partial charge >= 0.3 is 5.97 Å². The number of aliphatic carboxylic acids is 1. The van der Waals surface area contributed by atoms with Gasteiger partial charge in [0, 0.05) is 6.08 Å². The summed E-state index contributed by atoms with van der Waals surface area (Å²) in [5, 5.41) is 12.6. The van der Waals surface area contributed by atoms with E-state index in [1.807, 2.05) is 23.8 Å². The molecular formula is C10H12O2S. The van der Waals surface area contributed by atoms with Crippen LogP contribution in [-0.2, 0) is 4.79 Å². The van der Waals surface area contributed by atoms with Crippen molar-refractivity contribution in [2.24, 2.45) is 0 Å². The molecule has 1 aromatic rings. The van der Waals surface area contributed by atoms with Crippen molar-refractivity contribution < 1.29 is 9.90 Å². The molecule has 0 aliphatic heterocycles. The van der Waals surface area contributed by atoms with Gasteiger partial charge in [-0.1, -0.05) is 13.3 Å². The maximum Gasteiger partial charge on any atom is 0.328 e. The van der Waals surface area contributed by atoms with Crippen LogP contribution in [-0.4, -0.2) is 11.1 Å². The standard InChI is InChI=1S/C10H12O2S/c1-2-3-8(6-10(11)12)9-4-5-13-7-9/h4-7H,2-3H2,1H3,(H,11,12)/b8-6+. The Labute approximate surface area is 81.5 Å². The number of hydrogen-bond acceptors (Lipinski definition) is 2. The molecule has 1 heterocycles. The molecule has 0 spiro atoms. The molecule has 3 heteroatoms. The molecule has 70 valence electrons. The van der Waals surface area contributed by atoms with Crippen LogP contribution in [0.3, 0.4) is 0 Å². The molecule has 0 aromatic carbocycles. The molecule has 0 fully saturated rings. The zero-order valence-corrected chi connectivity index (χ0v) is 8.30. The van der Waals surface area contributed by atoms with Crippen molar-refractivity contribution in [2.75, 3.05) is 0 Å². The highest BCUT2D eigenvalue weighted by molar-refractivity contribution is 7.08. The number of rotatable bonds is 4. The van der Waals surface area contributed by atoms with Gasteiger partial charge in [0.15, 0.2) is 0 Å². The highest BCUT2D eigenvalue weighted by Crippen LogP contribution is 2.21. The molecule has 0 amide bonds. The molecule has 0 saturated heterocycles. The van der Waals surface area contributed by atoms with Gasteiger partial charge < -0.3 is 5.11 Å². The summed E-state index contributed by atoms with van der Waals surface area (Å²) in [4.78, 5) is 10.5. The monoisotopic (exact) mass is 196 g/mol. The van der Waals surface area contributed by atoms with E-state index in [1.54, 1.807) is 11.3 Å². The van der Waals surface area contributed by atoms with E-state index in [4.69, 9.17) is 5.11 Å². The zero-order valence-electron chi connectivity index (χ0n) is 7.49. The van der Waals surface area contributed by atoms with E-state index < -0.39 is 5.97 Å². The van der Waals surface area contributed by atoms with Gasteiger partial charge in [-0.25, -0.2) is 4.79 Å². The van der Waals surface area contributed by atoms with Gasteiger partial charge in [-0.3, -0.25) is 0 Å². The van der Waals surface area contributed by atoms with Crippen LogP contribution in [0.25, 0.3) is 5.57 Å². The van der Waals surface area contributed by atoms with Gasteiger partial charge in [0.25, 0.3) is 0 Å². The van der Waals surface area contributed by atoms with Gasteiger partial charge in [0.1, 0.15) is 0 Å². The van der Waals surface area contributed by atoms with Crippen LogP contribution in [0.5, 0.6) is 0 Å². The lowest BCUT2D eigenvalue weighted by atomic mass is 10.0. The van der Waals surface area contributed by atoms with E-state index in [9.17, 15) is 4.79 Å². The lowest BCUT2D eigenvalue weighted by molar-refractivity contribution is -0.131. The highest BCUT2D eigenvalue weighted by atomic mass is 32.1. The van der Waals surface area contributed by atoms with Gasteiger partial charge in [0.2, 0.25) is 0 Å². The van der Waals surface area contributed by atoms with Crippen molar-refractivity contribution in [2.45, 2.75) is 19.8 Å². The van der Waals surface area contributed by atoms with Gasteiger partial charge in [-0.15, -0.1) is 0 Å². The van der Waals surface area contributed by atoms with E-state index in [-0.39, 0.29) is 0 Å². The molecule has 2 nitrogen and oxygen atoms in total. The predicted octanol–water partition coefficient (Wildman–Crippen LogP) is 3.02. The molecule has 0 bridgehead atoms. The second-order valence-electron chi connectivity index (χ2n) is 2.77. The Morgan fingerprint density at radius 3 is 2.92 bits per heavy atom. The molecule has 0 atom stereocenters. The minimum absolute atomic E-state index is 0.822. The molecule has 0 unspecified atom stereocenters. The average Bonchev–Trinajstić information content (AvgIpc) is 2.54. The molecular weight excluding hydrogens is 184 g/mol. The Hall–Kier alpha value is -1.09. The van der Waals surface area contributed by atoms with E-state index in [0.29, 0.717) is 0 Å². The summed E-state index contributed by atoms with van der Waals surface area (Å²) in [7, 11) is 0. The largest absolute Gasteiger partial charge is 0.478 e. The van der Waals surface area contributed by atoms with Gasteiger partial charge in [-0.2, -0.15) is 11.3 Å². The fourth-order valence-corrected chi connectivity index (χ4v) is 1.85. The number of carboxylic acid groups (broad SMARTS) is 1. The van der Waals surface area contributed by atoms with Gasteiger partial charge in [-0.05, 0) is 34.4 Å². The third-order valence-electron chi connectivity index (χ3n) is 1.71. The molecule has 0 aliphatic rings. The van der Waals surface area contributed by atoms with Crippen LogP contribution in [0, 0.1) is 0 Å². The van der Waals surface area contributed by atoms with E-state index in [0.717, 1.165) is 24.0 Å². The number of thiophene rings is 1. The van der Waals surface area contributed by atoms with Gasteiger partial charge in [0.05, 0.1) is 0 Å². The summed E-state index contributed by atoms with van der Waals surface area (Å²) in [5.41, 5.74) is 1.95. The quantitative estimate of drug-likeness (QED) is 0.751. The van der Waals surface area contributed by atoms with Crippen molar-refractivity contribution in [3.63, 3.8) is 0 Å².